The molecule has 1 saturated carbocycles. The van der Waals surface area contributed by atoms with Crippen molar-refractivity contribution in [2.24, 2.45) is 5.92 Å². The second-order valence-corrected chi connectivity index (χ2v) is 4.73. The van der Waals surface area contributed by atoms with Crippen molar-refractivity contribution in [2.75, 3.05) is 46.5 Å². The topological polar surface area (TPSA) is 44.7 Å². The Hall–Kier alpha value is -0.160. The van der Waals surface area contributed by atoms with Gasteiger partial charge in [0.15, 0.2) is 0 Å². The highest BCUT2D eigenvalue weighted by molar-refractivity contribution is 5.02. The molecule has 0 aromatic rings. The number of rotatable bonds is 5. The molecule has 2 rings (SSSR count). The SMILES string of the molecule is CNC(CO)(CN1CCOCC1)C1CC1. The van der Waals surface area contributed by atoms with Crippen LogP contribution in [0.15, 0.2) is 0 Å². The Morgan fingerprint density at radius 2 is 2.07 bits per heavy atom. The van der Waals surface area contributed by atoms with Gasteiger partial charge in [0.2, 0.25) is 0 Å². The van der Waals surface area contributed by atoms with Crippen LogP contribution in [0, 0.1) is 5.92 Å². The number of hydrogen-bond donors (Lipinski definition) is 2. The summed E-state index contributed by atoms with van der Waals surface area (Å²) in [4.78, 5) is 2.40. The van der Waals surface area contributed by atoms with Crippen molar-refractivity contribution < 1.29 is 9.84 Å². The van der Waals surface area contributed by atoms with Gasteiger partial charge in [-0.2, -0.15) is 0 Å². The minimum atomic E-state index is -0.0721. The second-order valence-electron chi connectivity index (χ2n) is 4.73. The van der Waals surface area contributed by atoms with Gasteiger partial charge in [-0.25, -0.2) is 0 Å². The zero-order chi connectivity index (χ0) is 10.7. The first-order valence-electron chi connectivity index (χ1n) is 5.90. The van der Waals surface area contributed by atoms with Crippen LogP contribution in [-0.4, -0.2) is 62.0 Å². The fourth-order valence-electron chi connectivity index (χ4n) is 2.46. The van der Waals surface area contributed by atoms with E-state index in [2.05, 4.69) is 10.2 Å². The summed E-state index contributed by atoms with van der Waals surface area (Å²) >= 11 is 0. The fourth-order valence-corrected chi connectivity index (χ4v) is 2.46. The first-order chi connectivity index (χ1) is 7.30. The zero-order valence-electron chi connectivity index (χ0n) is 9.54. The van der Waals surface area contributed by atoms with E-state index in [9.17, 15) is 5.11 Å². The van der Waals surface area contributed by atoms with Gasteiger partial charge in [0.1, 0.15) is 0 Å². The van der Waals surface area contributed by atoms with E-state index >= 15 is 0 Å². The number of nitrogens with one attached hydrogen (secondary N) is 1. The van der Waals surface area contributed by atoms with Crippen LogP contribution in [0.5, 0.6) is 0 Å². The van der Waals surface area contributed by atoms with Crippen molar-refractivity contribution in [3.05, 3.63) is 0 Å². The summed E-state index contributed by atoms with van der Waals surface area (Å²) in [5.74, 6) is 0.662. The third-order valence-electron chi connectivity index (χ3n) is 3.75. The molecule has 1 atom stereocenters. The minimum Gasteiger partial charge on any atom is -0.394 e. The van der Waals surface area contributed by atoms with Gasteiger partial charge in [0.05, 0.1) is 25.4 Å². The number of aliphatic hydroxyl groups is 1. The van der Waals surface area contributed by atoms with Crippen LogP contribution in [0.1, 0.15) is 12.8 Å². The van der Waals surface area contributed by atoms with Crippen molar-refractivity contribution in [3.63, 3.8) is 0 Å². The van der Waals surface area contributed by atoms with Gasteiger partial charge in [-0.05, 0) is 25.8 Å². The molecule has 0 spiro atoms. The number of likely N-dealkylation sites (N-methyl/N-ethyl adjacent to an activating group) is 1. The normalized spacial score (nSPS) is 27.6. The molecule has 4 heteroatoms. The molecule has 1 unspecified atom stereocenters. The molecule has 0 aromatic carbocycles. The predicted molar refractivity (Wildman–Crippen MR) is 58.9 cm³/mol. The minimum absolute atomic E-state index is 0.0721. The molecule has 1 heterocycles. The summed E-state index contributed by atoms with van der Waals surface area (Å²) in [5.41, 5.74) is -0.0721. The van der Waals surface area contributed by atoms with E-state index in [0.29, 0.717) is 5.92 Å². The van der Waals surface area contributed by atoms with Gasteiger partial charge < -0.3 is 15.2 Å². The summed E-state index contributed by atoms with van der Waals surface area (Å²) in [6.45, 7) is 4.84. The Morgan fingerprint density at radius 3 is 2.53 bits per heavy atom. The summed E-state index contributed by atoms with van der Waals surface area (Å²) in [5, 5.41) is 12.9. The average Bonchev–Trinajstić information content (AvgIpc) is 3.12. The summed E-state index contributed by atoms with van der Waals surface area (Å²) < 4.78 is 5.33. The number of nitrogens with zero attached hydrogens (tertiary/aromatic N) is 1. The van der Waals surface area contributed by atoms with E-state index in [-0.39, 0.29) is 12.1 Å². The maximum Gasteiger partial charge on any atom is 0.0628 e. The number of aliphatic hydroxyl groups excluding tert-OH is 1. The second kappa shape index (κ2) is 4.78. The maximum atomic E-state index is 9.60. The molecule has 0 amide bonds. The Labute approximate surface area is 91.6 Å². The van der Waals surface area contributed by atoms with E-state index in [0.717, 1.165) is 32.8 Å². The van der Waals surface area contributed by atoms with Crippen molar-refractivity contribution in [1.82, 2.24) is 10.2 Å². The largest absolute Gasteiger partial charge is 0.394 e. The molecule has 1 saturated heterocycles. The lowest BCUT2D eigenvalue weighted by atomic mass is 9.93. The van der Waals surface area contributed by atoms with Gasteiger partial charge in [-0.15, -0.1) is 0 Å². The number of morpholine rings is 1. The molecule has 2 aliphatic rings. The van der Waals surface area contributed by atoms with E-state index in [1.165, 1.54) is 12.8 Å². The third kappa shape index (κ3) is 2.50. The molecule has 0 bridgehead atoms. The lowest BCUT2D eigenvalue weighted by Crippen LogP contribution is -2.58. The van der Waals surface area contributed by atoms with Gasteiger partial charge in [0, 0.05) is 19.6 Å². The van der Waals surface area contributed by atoms with Crippen LogP contribution in [0.2, 0.25) is 0 Å². The van der Waals surface area contributed by atoms with Crippen molar-refractivity contribution in [1.29, 1.82) is 0 Å². The fraction of sp³-hybridized carbons (Fsp3) is 1.00. The molecule has 1 aliphatic heterocycles. The van der Waals surface area contributed by atoms with Crippen LogP contribution in [0.4, 0.5) is 0 Å². The first kappa shape index (κ1) is 11.3. The summed E-state index contributed by atoms with van der Waals surface area (Å²) in [7, 11) is 1.97. The first-order valence-corrected chi connectivity index (χ1v) is 5.90. The molecular weight excluding hydrogens is 192 g/mol. The Balaban J connectivity index is 1.92. The highest BCUT2D eigenvalue weighted by Crippen LogP contribution is 2.39. The molecule has 0 aromatic heterocycles. The quantitative estimate of drug-likeness (QED) is 0.658. The Kier molecular flexibility index (Phi) is 3.61. The molecule has 88 valence electrons. The standard InChI is InChI=1S/C11H22N2O2/c1-12-11(9-14,10-2-3-10)8-13-4-6-15-7-5-13/h10,12,14H,2-9H2,1H3. The molecule has 4 nitrogen and oxygen atoms in total. The van der Waals surface area contributed by atoms with Crippen LogP contribution in [0.25, 0.3) is 0 Å². The van der Waals surface area contributed by atoms with Gasteiger partial charge in [-0.1, -0.05) is 0 Å². The van der Waals surface area contributed by atoms with Crippen LogP contribution in [-0.2, 0) is 4.74 Å². The van der Waals surface area contributed by atoms with Crippen molar-refractivity contribution >= 4 is 0 Å². The molecule has 1 aliphatic carbocycles. The average molecular weight is 214 g/mol. The van der Waals surface area contributed by atoms with Crippen LogP contribution < -0.4 is 5.32 Å². The summed E-state index contributed by atoms with van der Waals surface area (Å²) in [6.07, 6.45) is 2.51. The number of hydrogen-bond acceptors (Lipinski definition) is 4. The lowest BCUT2D eigenvalue weighted by Gasteiger charge is -2.38. The highest BCUT2D eigenvalue weighted by Gasteiger charge is 2.44. The molecule has 15 heavy (non-hydrogen) atoms. The van der Waals surface area contributed by atoms with Crippen molar-refractivity contribution in [2.45, 2.75) is 18.4 Å². The monoisotopic (exact) mass is 214 g/mol. The van der Waals surface area contributed by atoms with Gasteiger partial charge >= 0.3 is 0 Å². The zero-order valence-corrected chi connectivity index (χ0v) is 9.54. The van der Waals surface area contributed by atoms with Crippen LogP contribution in [0.3, 0.4) is 0 Å². The van der Waals surface area contributed by atoms with E-state index < -0.39 is 0 Å². The maximum absolute atomic E-state index is 9.60. The van der Waals surface area contributed by atoms with Crippen LogP contribution >= 0.6 is 0 Å². The smallest absolute Gasteiger partial charge is 0.0628 e. The Morgan fingerprint density at radius 1 is 1.40 bits per heavy atom. The van der Waals surface area contributed by atoms with E-state index in [4.69, 9.17) is 4.74 Å². The summed E-state index contributed by atoms with van der Waals surface area (Å²) in [6, 6.07) is 0. The highest BCUT2D eigenvalue weighted by atomic mass is 16.5. The molecule has 0 radical (unpaired) electrons. The predicted octanol–water partition coefficient (Wildman–Crippen LogP) is -0.321. The molecule has 2 fully saturated rings. The molecule has 2 N–H and O–H groups in total. The van der Waals surface area contributed by atoms with Gasteiger partial charge in [0.25, 0.3) is 0 Å². The van der Waals surface area contributed by atoms with E-state index in [1.54, 1.807) is 0 Å². The van der Waals surface area contributed by atoms with E-state index in [1.807, 2.05) is 7.05 Å². The number of ether oxygens (including phenoxy) is 1. The lowest BCUT2D eigenvalue weighted by molar-refractivity contribution is 0.0111. The molecular formula is C11H22N2O2. The third-order valence-corrected chi connectivity index (χ3v) is 3.75. The van der Waals surface area contributed by atoms with Gasteiger partial charge in [-0.3, -0.25) is 4.90 Å². The Bertz CT molecular complexity index is 197. The van der Waals surface area contributed by atoms with Crippen molar-refractivity contribution in [3.8, 4) is 0 Å².